The van der Waals surface area contributed by atoms with Crippen molar-refractivity contribution in [1.82, 2.24) is 19.8 Å². The first-order valence-electron chi connectivity index (χ1n) is 11.2. The van der Waals surface area contributed by atoms with E-state index in [2.05, 4.69) is 22.1 Å². The Balaban J connectivity index is -0.000000225. The van der Waals surface area contributed by atoms with Crippen molar-refractivity contribution in [2.24, 2.45) is 10.7 Å². The number of rotatable bonds is 4. The van der Waals surface area contributed by atoms with Gasteiger partial charge in [-0.15, -0.1) is 82.5 Å². The van der Waals surface area contributed by atoms with Crippen molar-refractivity contribution in [2.75, 3.05) is 28.2 Å². The molecule has 0 aliphatic rings. The molecule has 2 aromatic heterocycles. The van der Waals surface area contributed by atoms with Crippen LogP contribution in [0.15, 0.2) is 108 Å². The third-order valence-corrected chi connectivity index (χ3v) is 3.72. The Bertz CT molecular complexity index is 983. The minimum atomic E-state index is 0. The summed E-state index contributed by atoms with van der Waals surface area (Å²) in [7, 11) is 6.75. The predicted octanol–water partition coefficient (Wildman–Crippen LogP) is 2.01. The third kappa shape index (κ3) is 27.7. The fraction of sp³-hybridized carbons (Fsp3) is 0.143. The number of benzene rings is 2. The van der Waals surface area contributed by atoms with Crippen LogP contribution in [0.5, 0.6) is 0 Å². The van der Waals surface area contributed by atoms with Crippen LogP contribution in [0.1, 0.15) is 0 Å². The zero-order valence-corrected chi connectivity index (χ0v) is 28.3. The summed E-state index contributed by atoms with van der Waals surface area (Å²) >= 11 is 0. The fourth-order valence-electron chi connectivity index (χ4n) is 2.15. The first-order valence-corrected chi connectivity index (χ1v) is 11.2. The van der Waals surface area contributed by atoms with Gasteiger partial charge in [0.05, 0.1) is 0 Å². The molecular formula is C28H30IrN6NaO6. The van der Waals surface area contributed by atoms with Gasteiger partial charge in [0.2, 0.25) is 12.8 Å². The van der Waals surface area contributed by atoms with Crippen LogP contribution in [-0.4, -0.2) is 60.8 Å². The summed E-state index contributed by atoms with van der Waals surface area (Å²) in [6.07, 6.45) is 5.08. The van der Waals surface area contributed by atoms with Gasteiger partial charge in [-0.05, 0) is 23.5 Å². The van der Waals surface area contributed by atoms with E-state index in [1.54, 1.807) is 40.6 Å². The number of aromatic nitrogens is 2. The second-order valence-electron chi connectivity index (χ2n) is 7.27. The monoisotopic (exact) mass is 762 g/mol. The minimum Gasteiger partial charge on any atom is -0.444 e. The molecule has 4 rings (SSSR count). The topological polar surface area (TPSA) is 171 Å². The second kappa shape index (κ2) is 33.3. The normalized spacial score (nSPS) is 7.71. The summed E-state index contributed by atoms with van der Waals surface area (Å²) in [5.41, 5.74) is 4.02. The molecule has 0 aliphatic heterocycles. The molecule has 0 fully saturated rings. The Morgan fingerprint density at radius 2 is 0.929 bits per heavy atom. The number of amides is 2. The molecule has 2 aromatic carbocycles. The Kier molecular flexibility index (Phi) is 35.8. The molecule has 0 saturated carbocycles. The van der Waals surface area contributed by atoms with Gasteiger partial charge < -0.3 is 40.0 Å². The standard InChI is InChI=1S/2C11H8N.2C3H7NO.Ir.2HNO2.Na/c2*1-2-6-10(7-3-1)11-8-4-5-9-12-11;2*1-4(2)3-5;;2*2-1-3;/h2*1-6,8-9H;2*3H,1-2H3;;2*(H,2,3);/q2*-1;;;+3;;;+1/p-2. The molecule has 42 heavy (non-hydrogen) atoms. The summed E-state index contributed by atoms with van der Waals surface area (Å²) in [6.45, 7) is 0. The van der Waals surface area contributed by atoms with Gasteiger partial charge >= 0.3 is 49.7 Å². The molecule has 2 amide bonds. The molecule has 0 radical (unpaired) electrons. The van der Waals surface area contributed by atoms with Gasteiger partial charge in [-0.2, -0.15) is 0 Å². The Hall–Kier alpha value is -3.87. The number of hydrogen-bond acceptors (Lipinski definition) is 10. The van der Waals surface area contributed by atoms with Crippen LogP contribution in [0.25, 0.3) is 22.5 Å². The Morgan fingerprint density at radius 3 is 1.12 bits per heavy atom. The van der Waals surface area contributed by atoms with E-state index in [-0.39, 0.29) is 49.7 Å². The molecular weight excluding hydrogens is 732 g/mol. The van der Waals surface area contributed by atoms with E-state index in [1.165, 1.54) is 9.80 Å². The largest absolute Gasteiger partial charge is 3.00 e. The predicted molar refractivity (Wildman–Crippen MR) is 155 cm³/mol. The van der Waals surface area contributed by atoms with E-state index in [1.807, 2.05) is 84.9 Å². The average Bonchev–Trinajstić information content (AvgIpc) is 3.01. The number of hydrogen-bond donors (Lipinski definition) is 0. The van der Waals surface area contributed by atoms with Crippen LogP contribution in [0.2, 0.25) is 0 Å². The maximum absolute atomic E-state index is 9.43. The van der Waals surface area contributed by atoms with E-state index >= 15 is 0 Å². The first kappa shape index (κ1) is 45.1. The Labute approximate surface area is 281 Å². The molecule has 4 aromatic rings. The number of pyridine rings is 2. The van der Waals surface area contributed by atoms with Crippen LogP contribution < -0.4 is 29.6 Å². The van der Waals surface area contributed by atoms with Crippen LogP contribution in [0.4, 0.5) is 0 Å². The minimum absolute atomic E-state index is 0. The molecule has 0 bridgehead atoms. The van der Waals surface area contributed by atoms with Crippen molar-refractivity contribution in [1.29, 1.82) is 0 Å². The van der Waals surface area contributed by atoms with Crippen molar-refractivity contribution in [3.63, 3.8) is 0 Å². The first-order chi connectivity index (χ1) is 19.3. The number of carbonyl (C=O) groups is 2. The molecule has 0 saturated heterocycles. The summed E-state index contributed by atoms with van der Waals surface area (Å²) in [4.78, 5) is 46.2. The maximum Gasteiger partial charge on any atom is 3.00 e. The van der Waals surface area contributed by atoms with Crippen LogP contribution >= 0.6 is 0 Å². The smallest absolute Gasteiger partial charge is 0.444 e. The van der Waals surface area contributed by atoms with Gasteiger partial charge in [0.25, 0.3) is 0 Å². The summed E-state index contributed by atoms with van der Waals surface area (Å²) in [5.74, 6) is 0. The van der Waals surface area contributed by atoms with Gasteiger partial charge in [-0.1, -0.05) is 24.3 Å². The maximum atomic E-state index is 9.43. The van der Waals surface area contributed by atoms with Gasteiger partial charge in [0, 0.05) is 40.6 Å². The van der Waals surface area contributed by atoms with Crippen LogP contribution in [0, 0.1) is 32.4 Å². The number of nitrogens with zero attached hydrogens (tertiary/aromatic N) is 6. The third-order valence-electron chi connectivity index (χ3n) is 3.72. The van der Waals surface area contributed by atoms with E-state index in [0.29, 0.717) is 0 Å². The average molecular weight is 762 g/mol. The molecule has 2 heterocycles. The molecule has 0 unspecified atom stereocenters. The van der Waals surface area contributed by atoms with Crippen LogP contribution in [-0.2, 0) is 29.7 Å². The van der Waals surface area contributed by atoms with Crippen molar-refractivity contribution >= 4 is 12.8 Å². The summed E-state index contributed by atoms with van der Waals surface area (Å²) < 4.78 is 0. The zero-order valence-electron chi connectivity index (χ0n) is 23.9. The second-order valence-corrected chi connectivity index (χ2v) is 7.27. The van der Waals surface area contributed by atoms with Crippen molar-refractivity contribution < 1.29 is 59.3 Å². The van der Waals surface area contributed by atoms with E-state index < -0.39 is 0 Å². The molecule has 0 atom stereocenters. The summed E-state index contributed by atoms with van der Waals surface area (Å²) in [5, 5.41) is 18.0. The van der Waals surface area contributed by atoms with Gasteiger partial charge in [0.15, 0.2) is 0 Å². The molecule has 14 heteroatoms. The SMILES string of the molecule is CN(C)C=O.CN(C)C=O.O=N[O-].O=N[O-].[Ir+3].[Na+].[c-]1ccccc1-c1ccccn1.[c-]1ccccc1-c1ccccn1. The van der Waals surface area contributed by atoms with E-state index in [9.17, 15) is 9.59 Å². The molecule has 0 spiro atoms. The quantitative estimate of drug-likeness (QED) is 0.100. The Morgan fingerprint density at radius 1 is 0.643 bits per heavy atom. The van der Waals surface area contributed by atoms with Gasteiger partial charge in [-0.25, -0.2) is 0 Å². The number of carbonyl (C=O) groups excluding carboxylic acids is 2. The molecule has 218 valence electrons. The zero-order chi connectivity index (χ0) is 30.4. The summed E-state index contributed by atoms with van der Waals surface area (Å²) in [6, 6.07) is 33.6. The van der Waals surface area contributed by atoms with Crippen molar-refractivity contribution in [3.05, 3.63) is 130 Å². The van der Waals surface area contributed by atoms with Crippen molar-refractivity contribution in [3.8, 4) is 22.5 Å². The van der Waals surface area contributed by atoms with Crippen molar-refractivity contribution in [2.45, 2.75) is 0 Å². The molecule has 0 N–H and O–H groups in total. The molecule has 12 nitrogen and oxygen atoms in total. The van der Waals surface area contributed by atoms with E-state index in [0.717, 1.165) is 46.0 Å². The van der Waals surface area contributed by atoms with Gasteiger partial charge in [0.1, 0.15) is 0 Å². The van der Waals surface area contributed by atoms with E-state index in [4.69, 9.17) is 20.2 Å². The van der Waals surface area contributed by atoms with Gasteiger partial charge in [-0.3, -0.25) is 9.59 Å². The molecule has 0 aliphatic carbocycles. The van der Waals surface area contributed by atoms with Crippen LogP contribution in [0.3, 0.4) is 0 Å². The fourth-order valence-corrected chi connectivity index (χ4v) is 2.15.